The maximum absolute atomic E-state index is 12.3. The highest BCUT2D eigenvalue weighted by molar-refractivity contribution is 7.17. The highest BCUT2D eigenvalue weighted by Crippen LogP contribution is 2.23. The van der Waals surface area contributed by atoms with Crippen molar-refractivity contribution < 1.29 is 9.59 Å². The van der Waals surface area contributed by atoms with Crippen molar-refractivity contribution in [1.82, 2.24) is 15.5 Å². The van der Waals surface area contributed by atoms with Crippen LogP contribution in [0.5, 0.6) is 0 Å². The fraction of sp³-hybridized carbons (Fsp3) is 0.455. The molecule has 0 aromatic carbocycles. The molecule has 18 heavy (non-hydrogen) atoms. The Hall–Kier alpha value is -1.11. The van der Waals surface area contributed by atoms with Gasteiger partial charge in [-0.15, -0.1) is 11.3 Å². The van der Waals surface area contributed by atoms with Crippen molar-refractivity contribution in [2.24, 2.45) is 0 Å². The van der Waals surface area contributed by atoms with Crippen molar-refractivity contribution in [3.05, 3.63) is 21.3 Å². The third-order valence-electron chi connectivity index (χ3n) is 2.84. The Morgan fingerprint density at radius 1 is 1.56 bits per heavy atom. The molecule has 2 amide bonds. The molecule has 0 bridgehead atoms. The normalized spacial score (nSPS) is 19.7. The molecule has 7 heteroatoms. The van der Waals surface area contributed by atoms with E-state index in [0.717, 1.165) is 0 Å². The van der Waals surface area contributed by atoms with Gasteiger partial charge in [0.2, 0.25) is 5.91 Å². The van der Waals surface area contributed by atoms with E-state index in [1.165, 1.54) is 11.3 Å². The molecular weight excluding hydrogens is 274 g/mol. The Morgan fingerprint density at radius 2 is 2.33 bits per heavy atom. The van der Waals surface area contributed by atoms with Crippen LogP contribution in [0.2, 0.25) is 4.34 Å². The van der Waals surface area contributed by atoms with Gasteiger partial charge in [-0.25, -0.2) is 0 Å². The largest absolute Gasteiger partial charge is 0.357 e. The van der Waals surface area contributed by atoms with Crippen LogP contribution in [0, 0.1) is 0 Å². The van der Waals surface area contributed by atoms with E-state index in [0.29, 0.717) is 28.8 Å². The van der Waals surface area contributed by atoms with E-state index in [2.05, 4.69) is 10.6 Å². The first kappa shape index (κ1) is 13.3. The fourth-order valence-electron chi connectivity index (χ4n) is 1.92. The SMILES string of the molecule is CNC(=O)C1CNCCN1C(=O)c1ccc(Cl)s1. The second-order valence-electron chi connectivity index (χ2n) is 3.94. The minimum atomic E-state index is -0.461. The van der Waals surface area contributed by atoms with Gasteiger partial charge in [0, 0.05) is 26.7 Å². The molecule has 1 aromatic rings. The number of rotatable bonds is 2. The molecule has 1 atom stereocenters. The number of carbonyl (C=O) groups excluding carboxylic acids is 2. The summed E-state index contributed by atoms with van der Waals surface area (Å²) in [6, 6.07) is 2.92. The molecule has 2 N–H and O–H groups in total. The Bertz CT molecular complexity index is 463. The number of hydrogen-bond acceptors (Lipinski definition) is 4. The van der Waals surface area contributed by atoms with E-state index >= 15 is 0 Å². The molecule has 5 nitrogen and oxygen atoms in total. The summed E-state index contributed by atoms with van der Waals surface area (Å²) in [7, 11) is 1.57. The van der Waals surface area contributed by atoms with Crippen LogP contribution in [-0.4, -0.2) is 49.4 Å². The van der Waals surface area contributed by atoms with E-state index < -0.39 is 6.04 Å². The smallest absolute Gasteiger partial charge is 0.264 e. The zero-order valence-corrected chi connectivity index (χ0v) is 11.5. The summed E-state index contributed by atoms with van der Waals surface area (Å²) >= 11 is 7.06. The molecule has 1 unspecified atom stereocenters. The lowest BCUT2D eigenvalue weighted by Gasteiger charge is -2.34. The lowest BCUT2D eigenvalue weighted by Crippen LogP contribution is -2.59. The fourth-order valence-corrected chi connectivity index (χ4v) is 2.92. The summed E-state index contributed by atoms with van der Waals surface area (Å²) in [5.41, 5.74) is 0. The second-order valence-corrected chi connectivity index (χ2v) is 5.65. The standard InChI is InChI=1S/C11H14ClN3O2S/c1-13-10(16)7-6-14-4-5-15(7)11(17)8-2-3-9(12)18-8/h2-3,7,14H,4-6H2,1H3,(H,13,16). The molecule has 0 spiro atoms. The number of carbonyl (C=O) groups is 2. The topological polar surface area (TPSA) is 61.4 Å². The lowest BCUT2D eigenvalue weighted by molar-refractivity contribution is -0.125. The number of nitrogens with zero attached hydrogens (tertiary/aromatic N) is 1. The van der Waals surface area contributed by atoms with E-state index in [-0.39, 0.29) is 11.8 Å². The monoisotopic (exact) mass is 287 g/mol. The van der Waals surface area contributed by atoms with Crippen molar-refractivity contribution in [2.45, 2.75) is 6.04 Å². The van der Waals surface area contributed by atoms with Crippen LogP contribution in [0.25, 0.3) is 0 Å². The number of piperazine rings is 1. The molecule has 0 radical (unpaired) electrons. The molecule has 0 aliphatic carbocycles. The third-order valence-corrected chi connectivity index (χ3v) is 4.06. The van der Waals surface area contributed by atoms with Gasteiger partial charge in [-0.1, -0.05) is 11.6 Å². The Morgan fingerprint density at radius 3 is 2.94 bits per heavy atom. The number of thiophene rings is 1. The predicted molar refractivity (Wildman–Crippen MR) is 71.1 cm³/mol. The third kappa shape index (κ3) is 2.66. The van der Waals surface area contributed by atoms with E-state index in [1.54, 1.807) is 24.1 Å². The molecule has 98 valence electrons. The molecule has 1 aliphatic rings. The van der Waals surface area contributed by atoms with Crippen LogP contribution in [-0.2, 0) is 4.79 Å². The molecular formula is C11H14ClN3O2S. The van der Waals surface area contributed by atoms with Crippen molar-refractivity contribution in [3.8, 4) is 0 Å². The van der Waals surface area contributed by atoms with Crippen molar-refractivity contribution >= 4 is 34.8 Å². The van der Waals surface area contributed by atoms with Gasteiger partial charge in [-0.05, 0) is 12.1 Å². The molecule has 1 saturated heterocycles. The molecule has 0 saturated carbocycles. The van der Waals surface area contributed by atoms with Gasteiger partial charge in [0.25, 0.3) is 5.91 Å². The van der Waals surface area contributed by atoms with Crippen LogP contribution in [0.15, 0.2) is 12.1 Å². The van der Waals surface area contributed by atoms with Crippen LogP contribution < -0.4 is 10.6 Å². The van der Waals surface area contributed by atoms with Crippen LogP contribution in [0.4, 0.5) is 0 Å². The van der Waals surface area contributed by atoms with E-state index in [1.807, 2.05) is 0 Å². The average Bonchev–Trinajstić information content (AvgIpc) is 2.83. The molecule has 1 aliphatic heterocycles. The summed E-state index contributed by atoms with van der Waals surface area (Å²) < 4.78 is 0.574. The summed E-state index contributed by atoms with van der Waals surface area (Å²) in [6.07, 6.45) is 0. The number of hydrogen-bond donors (Lipinski definition) is 2. The van der Waals surface area contributed by atoms with E-state index in [9.17, 15) is 9.59 Å². The number of halogens is 1. The van der Waals surface area contributed by atoms with Gasteiger partial charge in [-0.3, -0.25) is 9.59 Å². The molecule has 2 rings (SSSR count). The average molecular weight is 288 g/mol. The van der Waals surface area contributed by atoms with Crippen LogP contribution in [0.3, 0.4) is 0 Å². The van der Waals surface area contributed by atoms with Crippen LogP contribution in [0.1, 0.15) is 9.67 Å². The van der Waals surface area contributed by atoms with Gasteiger partial charge in [0.1, 0.15) is 6.04 Å². The quantitative estimate of drug-likeness (QED) is 0.836. The Balaban J connectivity index is 2.18. The number of nitrogens with one attached hydrogen (secondary N) is 2. The molecule has 1 fully saturated rings. The maximum atomic E-state index is 12.3. The summed E-state index contributed by atoms with van der Waals surface area (Å²) in [5, 5.41) is 5.69. The lowest BCUT2D eigenvalue weighted by atomic mass is 10.1. The predicted octanol–water partition coefficient (Wildman–Crippen LogP) is 0.562. The van der Waals surface area contributed by atoms with Crippen molar-refractivity contribution in [3.63, 3.8) is 0 Å². The molecule has 2 heterocycles. The first-order chi connectivity index (χ1) is 8.63. The number of amides is 2. The van der Waals surface area contributed by atoms with Gasteiger partial charge >= 0.3 is 0 Å². The van der Waals surface area contributed by atoms with Crippen molar-refractivity contribution in [2.75, 3.05) is 26.7 Å². The highest BCUT2D eigenvalue weighted by Gasteiger charge is 2.32. The van der Waals surface area contributed by atoms with Crippen LogP contribution >= 0.6 is 22.9 Å². The minimum Gasteiger partial charge on any atom is -0.357 e. The molecule has 1 aromatic heterocycles. The van der Waals surface area contributed by atoms with Gasteiger partial charge < -0.3 is 15.5 Å². The first-order valence-electron chi connectivity index (χ1n) is 5.62. The first-order valence-corrected chi connectivity index (χ1v) is 6.81. The Kier molecular flexibility index (Phi) is 4.21. The second kappa shape index (κ2) is 5.69. The number of likely N-dealkylation sites (N-methyl/N-ethyl adjacent to an activating group) is 1. The van der Waals surface area contributed by atoms with Gasteiger partial charge in [0.05, 0.1) is 9.21 Å². The van der Waals surface area contributed by atoms with E-state index in [4.69, 9.17) is 11.6 Å². The van der Waals surface area contributed by atoms with Gasteiger partial charge in [-0.2, -0.15) is 0 Å². The van der Waals surface area contributed by atoms with Crippen molar-refractivity contribution in [1.29, 1.82) is 0 Å². The minimum absolute atomic E-state index is 0.137. The summed E-state index contributed by atoms with van der Waals surface area (Å²) in [4.78, 5) is 26.2. The highest BCUT2D eigenvalue weighted by atomic mass is 35.5. The zero-order valence-electron chi connectivity index (χ0n) is 9.90. The summed E-state index contributed by atoms with van der Waals surface area (Å²) in [5.74, 6) is -0.291. The Labute approximate surface area is 114 Å². The zero-order chi connectivity index (χ0) is 13.1. The maximum Gasteiger partial charge on any atom is 0.264 e. The van der Waals surface area contributed by atoms with Gasteiger partial charge in [0.15, 0.2) is 0 Å². The summed E-state index contributed by atoms with van der Waals surface area (Å²) in [6.45, 7) is 1.69.